The van der Waals surface area contributed by atoms with Crippen molar-refractivity contribution >= 4 is 17.6 Å². The Kier molecular flexibility index (Phi) is 8.42. The Morgan fingerprint density at radius 2 is 1.64 bits per heavy atom. The van der Waals surface area contributed by atoms with E-state index in [0.717, 1.165) is 23.5 Å². The summed E-state index contributed by atoms with van der Waals surface area (Å²) in [5.74, 6) is 1.19. The molecular formula is C26H37N5O2. The van der Waals surface area contributed by atoms with Gasteiger partial charge < -0.3 is 14.7 Å². The first-order valence-corrected chi connectivity index (χ1v) is 12.0. The van der Waals surface area contributed by atoms with Crippen LogP contribution in [-0.2, 0) is 9.59 Å². The molecule has 7 nitrogen and oxygen atoms in total. The van der Waals surface area contributed by atoms with Gasteiger partial charge in [0.05, 0.1) is 12.2 Å². The molecule has 7 heteroatoms. The quantitative estimate of drug-likeness (QED) is 0.611. The van der Waals surface area contributed by atoms with Crippen LogP contribution in [0.5, 0.6) is 0 Å². The zero-order valence-electron chi connectivity index (χ0n) is 20.6. The summed E-state index contributed by atoms with van der Waals surface area (Å²) < 4.78 is 0. The maximum Gasteiger partial charge on any atom is 0.242 e. The van der Waals surface area contributed by atoms with Gasteiger partial charge in [-0.3, -0.25) is 9.59 Å². The molecule has 1 aliphatic rings. The topological polar surface area (TPSA) is 69.6 Å². The summed E-state index contributed by atoms with van der Waals surface area (Å²) >= 11 is 0. The van der Waals surface area contributed by atoms with Crippen LogP contribution in [0, 0.1) is 12.8 Å². The molecule has 2 amide bonds. The number of aryl methyl sites for hydroxylation is 1. The standard InChI is InChI=1S/C26H37N5O2/c1-6-21(5)31(25(32)17-19(2)3)18-26(33)30-15-13-29(14-16-30)24-12-11-23(27-28-24)22-9-7-20(4)8-10-22/h7-12,19,21H,6,13-18H2,1-5H3/t21-/m1/s1. The third-order valence-corrected chi connectivity index (χ3v) is 6.29. The first kappa shape index (κ1) is 24.7. The van der Waals surface area contributed by atoms with Gasteiger partial charge in [0.15, 0.2) is 5.82 Å². The minimum atomic E-state index is 0.0212. The highest BCUT2D eigenvalue weighted by Crippen LogP contribution is 2.20. The van der Waals surface area contributed by atoms with Gasteiger partial charge in [-0.25, -0.2) is 0 Å². The summed E-state index contributed by atoms with van der Waals surface area (Å²) in [5, 5.41) is 8.83. The van der Waals surface area contributed by atoms with Gasteiger partial charge in [-0.2, -0.15) is 0 Å². The molecule has 33 heavy (non-hydrogen) atoms. The molecule has 1 aromatic heterocycles. The Bertz CT molecular complexity index is 919. The number of nitrogens with zero attached hydrogens (tertiary/aromatic N) is 5. The van der Waals surface area contributed by atoms with Crippen molar-refractivity contribution in [3.05, 3.63) is 42.0 Å². The third kappa shape index (κ3) is 6.53. The van der Waals surface area contributed by atoms with Crippen LogP contribution in [0.2, 0.25) is 0 Å². The molecule has 0 bridgehead atoms. The highest BCUT2D eigenvalue weighted by Gasteiger charge is 2.27. The summed E-state index contributed by atoms with van der Waals surface area (Å²) in [6, 6.07) is 12.3. The van der Waals surface area contributed by atoms with Crippen molar-refractivity contribution in [3.8, 4) is 11.3 Å². The zero-order chi connectivity index (χ0) is 24.0. The number of hydrogen-bond acceptors (Lipinski definition) is 5. The molecule has 2 aromatic rings. The summed E-state index contributed by atoms with van der Waals surface area (Å²) in [7, 11) is 0. The van der Waals surface area contributed by atoms with Crippen molar-refractivity contribution in [2.45, 2.75) is 53.5 Å². The second-order valence-electron chi connectivity index (χ2n) is 9.39. The molecule has 178 valence electrons. The average Bonchev–Trinajstić information content (AvgIpc) is 2.82. The number of carbonyl (C=O) groups is 2. The Labute approximate surface area is 197 Å². The van der Waals surface area contributed by atoms with E-state index in [9.17, 15) is 9.59 Å². The van der Waals surface area contributed by atoms with Crippen molar-refractivity contribution in [3.63, 3.8) is 0 Å². The number of amides is 2. The first-order chi connectivity index (χ1) is 15.8. The summed E-state index contributed by atoms with van der Waals surface area (Å²) in [5.41, 5.74) is 3.11. The minimum Gasteiger partial charge on any atom is -0.352 e. The number of carbonyl (C=O) groups excluding carboxylic acids is 2. The van der Waals surface area contributed by atoms with Gasteiger partial charge in [0.2, 0.25) is 11.8 Å². The highest BCUT2D eigenvalue weighted by molar-refractivity contribution is 5.85. The number of benzene rings is 1. The van der Waals surface area contributed by atoms with Gasteiger partial charge >= 0.3 is 0 Å². The van der Waals surface area contributed by atoms with E-state index in [1.807, 2.05) is 37.8 Å². The summed E-state index contributed by atoms with van der Waals surface area (Å²) in [6.07, 6.45) is 1.31. The van der Waals surface area contributed by atoms with Gasteiger partial charge in [0, 0.05) is 44.2 Å². The zero-order valence-corrected chi connectivity index (χ0v) is 20.6. The van der Waals surface area contributed by atoms with Crippen molar-refractivity contribution in [1.82, 2.24) is 20.0 Å². The number of piperazine rings is 1. The van der Waals surface area contributed by atoms with Crippen molar-refractivity contribution in [1.29, 1.82) is 0 Å². The fourth-order valence-corrected chi connectivity index (χ4v) is 3.98. The van der Waals surface area contributed by atoms with E-state index >= 15 is 0 Å². The van der Waals surface area contributed by atoms with Gasteiger partial charge in [-0.15, -0.1) is 10.2 Å². The Balaban J connectivity index is 1.56. The molecular weight excluding hydrogens is 414 g/mol. The van der Waals surface area contributed by atoms with Gasteiger partial charge in [-0.1, -0.05) is 50.6 Å². The predicted molar refractivity (Wildman–Crippen MR) is 132 cm³/mol. The van der Waals surface area contributed by atoms with E-state index in [1.165, 1.54) is 5.56 Å². The van der Waals surface area contributed by atoms with Crippen molar-refractivity contribution in [2.24, 2.45) is 5.92 Å². The molecule has 1 saturated heterocycles. The monoisotopic (exact) mass is 451 g/mol. The molecule has 0 saturated carbocycles. The highest BCUT2D eigenvalue weighted by atomic mass is 16.2. The van der Waals surface area contributed by atoms with E-state index in [2.05, 4.69) is 53.2 Å². The Morgan fingerprint density at radius 1 is 0.970 bits per heavy atom. The van der Waals surface area contributed by atoms with Crippen LogP contribution in [0.25, 0.3) is 11.3 Å². The number of rotatable bonds is 8. The molecule has 0 aliphatic carbocycles. The lowest BCUT2D eigenvalue weighted by atomic mass is 10.1. The molecule has 1 atom stereocenters. The lowest BCUT2D eigenvalue weighted by Crippen LogP contribution is -2.53. The second-order valence-corrected chi connectivity index (χ2v) is 9.39. The molecule has 0 unspecified atom stereocenters. The number of anilines is 1. The fourth-order valence-electron chi connectivity index (χ4n) is 3.98. The molecule has 0 N–H and O–H groups in total. The third-order valence-electron chi connectivity index (χ3n) is 6.29. The first-order valence-electron chi connectivity index (χ1n) is 12.0. The number of hydrogen-bond donors (Lipinski definition) is 0. The molecule has 0 radical (unpaired) electrons. The van der Waals surface area contributed by atoms with Crippen LogP contribution in [-0.4, -0.2) is 70.6 Å². The second kappa shape index (κ2) is 11.3. The van der Waals surface area contributed by atoms with E-state index in [1.54, 1.807) is 4.90 Å². The lowest BCUT2D eigenvalue weighted by Gasteiger charge is -2.37. The smallest absolute Gasteiger partial charge is 0.242 e. The van der Waals surface area contributed by atoms with Crippen molar-refractivity contribution < 1.29 is 9.59 Å². The largest absolute Gasteiger partial charge is 0.352 e. The summed E-state index contributed by atoms with van der Waals surface area (Å²) in [6.45, 7) is 13.0. The van der Waals surface area contributed by atoms with Crippen LogP contribution < -0.4 is 4.90 Å². The fraction of sp³-hybridized carbons (Fsp3) is 0.538. The van der Waals surface area contributed by atoms with E-state index in [-0.39, 0.29) is 30.3 Å². The average molecular weight is 452 g/mol. The van der Waals surface area contributed by atoms with Crippen LogP contribution >= 0.6 is 0 Å². The molecule has 3 rings (SSSR count). The SMILES string of the molecule is CC[C@@H](C)N(CC(=O)N1CCN(c2ccc(-c3ccc(C)cc3)nn2)CC1)C(=O)CC(C)C. The maximum absolute atomic E-state index is 13.0. The van der Waals surface area contributed by atoms with E-state index in [4.69, 9.17) is 0 Å². The van der Waals surface area contributed by atoms with Gasteiger partial charge in [0.25, 0.3) is 0 Å². The molecule has 1 aliphatic heterocycles. The van der Waals surface area contributed by atoms with Crippen LogP contribution in [0.3, 0.4) is 0 Å². The molecule has 2 heterocycles. The van der Waals surface area contributed by atoms with Crippen molar-refractivity contribution in [2.75, 3.05) is 37.6 Å². The molecule has 1 fully saturated rings. The van der Waals surface area contributed by atoms with E-state index in [0.29, 0.717) is 32.6 Å². The Hall–Kier alpha value is -2.96. The normalized spacial score (nSPS) is 15.0. The number of aromatic nitrogens is 2. The van der Waals surface area contributed by atoms with E-state index < -0.39 is 0 Å². The van der Waals surface area contributed by atoms with Crippen LogP contribution in [0.15, 0.2) is 36.4 Å². The lowest BCUT2D eigenvalue weighted by molar-refractivity contribution is -0.143. The summed E-state index contributed by atoms with van der Waals surface area (Å²) in [4.78, 5) is 31.4. The maximum atomic E-state index is 13.0. The minimum absolute atomic E-state index is 0.0212. The molecule has 0 spiro atoms. The Morgan fingerprint density at radius 3 is 2.18 bits per heavy atom. The predicted octanol–water partition coefficient (Wildman–Crippen LogP) is 3.77. The van der Waals surface area contributed by atoms with Gasteiger partial charge in [0.1, 0.15) is 0 Å². The molecule has 1 aromatic carbocycles. The van der Waals surface area contributed by atoms with Crippen LogP contribution in [0.1, 0.15) is 46.1 Å². The van der Waals surface area contributed by atoms with Crippen LogP contribution in [0.4, 0.5) is 5.82 Å². The van der Waals surface area contributed by atoms with Gasteiger partial charge in [-0.05, 0) is 38.3 Å².